The van der Waals surface area contributed by atoms with Crippen molar-refractivity contribution in [3.8, 4) is 10.6 Å². The van der Waals surface area contributed by atoms with E-state index in [1.165, 1.54) is 23.5 Å². The first-order valence-electron chi connectivity index (χ1n) is 7.10. The molecule has 0 amide bonds. The first-order valence-corrected chi connectivity index (χ1v) is 7.92. The Morgan fingerprint density at radius 1 is 1.05 bits per heavy atom. The van der Waals surface area contributed by atoms with Crippen LogP contribution in [-0.2, 0) is 0 Å². The Kier molecular flexibility index (Phi) is 3.07. The Hall–Kier alpha value is -2.08. The zero-order valence-electron chi connectivity index (χ0n) is 11.6. The predicted octanol–water partition coefficient (Wildman–Crippen LogP) is 3.64. The molecule has 0 atom stereocenters. The van der Waals surface area contributed by atoms with Crippen LogP contribution < -0.4 is 10.3 Å². The average Bonchev–Trinajstić information content (AvgIpc) is 2.99. The molecule has 1 aromatic rings. The van der Waals surface area contributed by atoms with Gasteiger partial charge in [-0.2, -0.15) is 0 Å². The Bertz CT molecular complexity index is 903. The van der Waals surface area contributed by atoms with Crippen molar-refractivity contribution in [2.75, 3.05) is 18.0 Å². The Morgan fingerprint density at radius 2 is 1.82 bits per heavy atom. The lowest BCUT2D eigenvalue weighted by atomic mass is 10.2. The van der Waals surface area contributed by atoms with E-state index in [0.717, 1.165) is 37.7 Å². The van der Waals surface area contributed by atoms with E-state index in [9.17, 15) is 13.6 Å². The molecule has 3 aliphatic rings. The van der Waals surface area contributed by atoms with Gasteiger partial charge in [0.05, 0.1) is 9.58 Å². The molecular formula is C16H12F2N2OS. The highest BCUT2D eigenvalue weighted by atomic mass is 32.1. The van der Waals surface area contributed by atoms with Crippen molar-refractivity contribution in [2.24, 2.45) is 0 Å². The van der Waals surface area contributed by atoms with Gasteiger partial charge in [-0.05, 0) is 25.0 Å². The predicted molar refractivity (Wildman–Crippen MR) is 83.9 cm³/mol. The number of hydrogen-bond acceptors (Lipinski definition) is 4. The largest absolute Gasteiger partial charge is 0.371 e. The van der Waals surface area contributed by atoms with Crippen molar-refractivity contribution < 1.29 is 8.78 Å². The second-order valence-corrected chi connectivity index (χ2v) is 6.52. The van der Waals surface area contributed by atoms with Gasteiger partial charge in [0, 0.05) is 30.9 Å². The van der Waals surface area contributed by atoms with Gasteiger partial charge >= 0.3 is 0 Å². The maximum atomic E-state index is 14.4. The van der Waals surface area contributed by atoms with E-state index in [2.05, 4.69) is 9.88 Å². The van der Waals surface area contributed by atoms with E-state index >= 15 is 0 Å². The monoisotopic (exact) mass is 318 g/mol. The van der Waals surface area contributed by atoms with Crippen LogP contribution in [0.15, 0.2) is 29.1 Å². The Balaban J connectivity index is 1.99. The molecule has 0 N–H and O–H groups in total. The normalized spacial score (nSPS) is 15.1. The molecule has 0 bridgehead atoms. The number of fused-ring (bicyclic) bond motifs is 2. The molecule has 3 nitrogen and oxygen atoms in total. The van der Waals surface area contributed by atoms with E-state index in [-0.39, 0.29) is 11.2 Å². The van der Waals surface area contributed by atoms with Gasteiger partial charge in [0.1, 0.15) is 11.2 Å². The third-order valence-corrected chi connectivity index (χ3v) is 4.99. The fourth-order valence-corrected chi connectivity index (χ4v) is 3.94. The maximum absolute atomic E-state index is 14.4. The SMILES string of the molecule is O=c1cc2sc3cc(N4CCCC4)cc(F)c3nc-2c(F)c1. The molecule has 1 aliphatic carbocycles. The maximum Gasteiger partial charge on any atom is 0.183 e. The third kappa shape index (κ3) is 2.14. The molecular weight excluding hydrogens is 306 g/mol. The van der Waals surface area contributed by atoms with E-state index in [1.54, 1.807) is 0 Å². The standard InChI is InChI=1S/C16H12F2N2OS/c17-11-5-9(20-3-1-2-4-20)6-13-15(11)19-16-12(18)7-10(21)8-14(16)22-13/h5-8H,1-4H2. The van der Waals surface area contributed by atoms with Gasteiger partial charge in [0.15, 0.2) is 17.1 Å². The molecule has 112 valence electrons. The summed E-state index contributed by atoms with van der Waals surface area (Å²) in [4.78, 5) is 18.1. The molecule has 22 heavy (non-hydrogen) atoms. The van der Waals surface area contributed by atoms with Gasteiger partial charge in [-0.15, -0.1) is 11.3 Å². The summed E-state index contributed by atoms with van der Waals surface area (Å²) in [5.74, 6) is -1.16. The summed E-state index contributed by atoms with van der Waals surface area (Å²) in [6.45, 7) is 1.83. The molecule has 2 heterocycles. The highest BCUT2D eigenvalue weighted by molar-refractivity contribution is 7.21. The van der Waals surface area contributed by atoms with Gasteiger partial charge < -0.3 is 4.90 Å². The number of nitrogens with zero attached hydrogens (tertiary/aromatic N) is 2. The van der Waals surface area contributed by atoms with Gasteiger partial charge in [-0.3, -0.25) is 4.79 Å². The van der Waals surface area contributed by atoms with E-state index in [4.69, 9.17) is 0 Å². The number of halogens is 2. The molecule has 0 radical (unpaired) electrons. The summed E-state index contributed by atoms with van der Waals surface area (Å²) in [5, 5.41) is 0. The molecule has 4 rings (SSSR count). The van der Waals surface area contributed by atoms with Crippen molar-refractivity contribution in [2.45, 2.75) is 12.8 Å². The Morgan fingerprint density at radius 3 is 2.59 bits per heavy atom. The van der Waals surface area contributed by atoms with Crippen LogP contribution >= 0.6 is 11.3 Å². The highest BCUT2D eigenvalue weighted by Gasteiger charge is 2.19. The van der Waals surface area contributed by atoms with Crippen LogP contribution in [0.2, 0.25) is 0 Å². The lowest BCUT2D eigenvalue weighted by Gasteiger charge is -2.18. The van der Waals surface area contributed by atoms with Crippen molar-refractivity contribution in [3.63, 3.8) is 0 Å². The quantitative estimate of drug-likeness (QED) is 0.642. The molecule has 0 unspecified atom stereocenters. The van der Waals surface area contributed by atoms with Crippen LogP contribution in [0.5, 0.6) is 0 Å². The summed E-state index contributed by atoms with van der Waals surface area (Å²) in [7, 11) is 0. The van der Waals surface area contributed by atoms with Crippen LogP contribution in [0, 0.1) is 11.6 Å². The van der Waals surface area contributed by atoms with E-state index in [0.29, 0.717) is 9.58 Å². The average molecular weight is 318 g/mol. The van der Waals surface area contributed by atoms with E-state index < -0.39 is 17.1 Å². The molecule has 0 saturated carbocycles. The Labute approximate surface area is 129 Å². The summed E-state index contributed by atoms with van der Waals surface area (Å²) < 4.78 is 28.8. The van der Waals surface area contributed by atoms with Gasteiger partial charge in [0.25, 0.3) is 0 Å². The summed E-state index contributed by atoms with van der Waals surface area (Å²) >= 11 is 1.20. The highest BCUT2D eigenvalue weighted by Crippen LogP contribution is 2.35. The number of aromatic nitrogens is 1. The third-order valence-electron chi connectivity index (χ3n) is 3.93. The summed E-state index contributed by atoms with van der Waals surface area (Å²) in [6, 6.07) is 5.55. The molecule has 1 saturated heterocycles. The zero-order chi connectivity index (χ0) is 15.3. The van der Waals surface area contributed by atoms with Crippen LogP contribution in [0.1, 0.15) is 12.8 Å². The molecule has 0 spiro atoms. The van der Waals surface area contributed by atoms with Crippen molar-refractivity contribution in [1.82, 2.24) is 4.98 Å². The van der Waals surface area contributed by atoms with Crippen molar-refractivity contribution >= 4 is 27.2 Å². The minimum absolute atomic E-state index is 0.0462. The fourth-order valence-electron chi connectivity index (χ4n) is 2.87. The van der Waals surface area contributed by atoms with Gasteiger partial charge in [0.2, 0.25) is 0 Å². The summed E-state index contributed by atoms with van der Waals surface area (Å²) in [5.41, 5.74) is 0.611. The first kappa shape index (κ1) is 13.6. The topological polar surface area (TPSA) is 33.2 Å². The number of hydrogen-bond donors (Lipinski definition) is 0. The molecule has 6 heteroatoms. The van der Waals surface area contributed by atoms with Crippen LogP contribution in [-0.4, -0.2) is 18.1 Å². The molecule has 2 aliphatic heterocycles. The minimum Gasteiger partial charge on any atom is -0.371 e. The number of benzene rings is 2. The fraction of sp³-hybridized carbons (Fsp3) is 0.250. The second kappa shape index (κ2) is 4.98. The minimum atomic E-state index is -0.705. The smallest absolute Gasteiger partial charge is 0.183 e. The second-order valence-electron chi connectivity index (χ2n) is 5.43. The van der Waals surface area contributed by atoms with Crippen LogP contribution in [0.4, 0.5) is 14.5 Å². The van der Waals surface area contributed by atoms with Gasteiger partial charge in [-0.25, -0.2) is 13.8 Å². The lowest BCUT2D eigenvalue weighted by molar-refractivity contribution is 0.623. The molecule has 0 aromatic heterocycles. The van der Waals surface area contributed by atoms with Crippen LogP contribution in [0.3, 0.4) is 0 Å². The number of anilines is 1. The van der Waals surface area contributed by atoms with Gasteiger partial charge in [-0.1, -0.05) is 0 Å². The number of rotatable bonds is 1. The van der Waals surface area contributed by atoms with Crippen molar-refractivity contribution in [1.29, 1.82) is 0 Å². The van der Waals surface area contributed by atoms with E-state index in [1.807, 2.05) is 6.07 Å². The lowest BCUT2D eigenvalue weighted by Crippen LogP contribution is -2.17. The summed E-state index contributed by atoms with van der Waals surface area (Å²) in [6.07, 6.45) is 2.20. The first-order chi connectivity index (χ1) is 10.6. The molecule has 1 aromatic carbocycles. The van der Waals surface area contributed by atoms with Crippen LogP contribution in [0.25, 0.3) is 20.8 Å². The molecule has 1 fully saturated rings. The van der Waals surface area contributed by atoms with Crippen molar-refractivity contribution in [3.05, 3.63) is 46.1 Å². The zero-order valence-corrected chi connectivity index (χ0v) is 12.4.